The van der Waals surface area contributed by atoms with Crippen LogP contribution in [0.3, 0.4) is 0 Å². The third-order valence-electron chi connectivity index (χ3n) is 3.72. The van der Waals surface area contributed by atoms with Gasteiger partial charge in [0.2, 0.25) is 0 Å². The molecule has 0 bridgehead atoms. The van der Waals surface area contributed by atoms with E-state index in [1.807, 2.05) is 40.7 Å². The minimum absolute atomic E-state index is 0.00569. The molecule has 0 atom stereocenters. The average molecular weight is 285 g/mol. The summed E-state index contributed by atoms with van der Waals surface area (Å²) in [5.74, 6) is 0.854. The van der Waals surface area contributed by atoms with Gasteiger partial charge in [-0.15, -0.1) is 0 Å². The predicted molar refractivity (Wildman–Crippen MR) is 81.2 cm³/mol. The molecular formula is C16H19N3O2. The number of hydrogen-bond acceptors (Lipinski definition) is 3. The van der Waals surface area contributed by atoms with Gasteiger partial charge in [-0.1, -0.05) is 18.2 Å². The summed E-state index contributed by atoms with van der Waals surface area (Å²) in [5, 5.41) is 0. The van der Waals surface area contributed by atoms with Crippen molar-refractivity contribution in [2.75, 3.05) is 18.9 Å². The first-order chi connectivity index (χ1) is 10.2. The van der Waals surface area contributed by atoms with Gasteiger partial charge < -0.3 is 19.9 Å². The van der Waals surface area contributed by atoms with E-state index in [4.69, 9.17) is 10.5 Å². The van der Waals surface area contributed by atoms with Crippen LogP contribution >= 0.6 is 0 Å². The summed E-state index contributed by atoms with van der Waals surface area (Å²) >= 11 is 0. The van der Waals surface area contributed by atoms with Gasteiger partial charge in [0.1, 0.15) is 18.1 Å². The van der Waals surface area contributed by atoms with E-state index in [-0.39, 0.29) is 5.91 Å². The number of aryl methyl sites for hydroxylation is 1. The van der Waals surface area contributed by atoms with Crippen molar-refractivity contribution in [3.8, 4) is 5.75 Å². The Morgan fingerprint density at radius 1 is 1.38 bits per heavy atom. The number of benzene rings is 1. The molecule has 1 aliphatic rings. The van der Waals surface area contributed by atoms with Crippen LogP contribution in [0.15, 0.2) is 36.5 Å². The van der Waals surface area contributed by atoms with Gasteiger partial charge in [0.05, 0.1) is 12.2 Å². The van der Waals surface area contributed by atoms with Crippen LogP contribution in [0, 0.1) is 0 Å². The molecule has 1 aromatic carbocycles. The quantitative estimate of drug-likeness (QED) is 0.919. The number of anilines is 1. The highest BCUT2D eigenvalue weighted by atomic mass is 16.5. The number of carbonyl (C=O) groups excluding carboxylic acids is 1. The molecule has 2 N–H and O–H groups in total. The van der Waals surface area contributed by atoms with Crippen molar-refractivity contribution < 1.29 is 9.53 Å². The van der Waals surface area contributed by atoms with Crippen molar-refractivity contribution in [3.05, 3.63) is 47.8 Å². The third kappa shape index (κ3) is 2.59. The molecule has 21 heavy (non-hydrogen) atoms. The number of fused-ring (bicyclic) bond motifs is 1. The number of nitrogens with zero attached hydrogens (tertiary/aromatic N) is 2. The van der Waals surface area contributed by atoms with E-state index in [0.29, 0.717) is 31.1 Å². The Balaban J connectivity index is 1.88. The standard InChI is InChI=1S/C16H19N3O2/c1-2-18-11-13(17)9-14(18)16(20)19-7-8-21-15-6-4-3-5-12(15)10-19/h3-6,9,11H,2,7-8,10,17H2,1H3. The van der Waals surface area contributed by atoms with E-state index in [0.717, 1.165) is 17.9 Å². The molecule has 2 aromatic rings. The molecule has 2 heterocycles. The van der Waals surface area contributed by atoms with Gasteiger partial charge in [0, 0.05) is 24.8 Å². The number of aromatic nitrogens is 1. The van der Waals surface area contributed by atoms with Crippen molar-refractivity contribution in [2.45, 2.75) is 20.0 Å². The van der Waals surface area contributed by atoms with Crippen LogP contribution in [0.1, 0.15) is 23.0 Å². The summed E-state index contributed by atoms with van der Waals surface area (Å²) in [6.07, 6.45) is 1.80. The van der Waals surface area contributed by atoms with E-state index in [9.17, 15) is 4.79 Å². The molecule has 0 saturated heterocycles. The van der Waals surface area contributed by atoms with E-state index in [1.165, 1.54) is 0 Å². The second kappa shape index (κ2) is 5.52. The topological polar surface area (TPSA) is 60.5 Å². The minimum atomic E-state index is -0.00569. The van der Waals surface area contributed by atoms with Crippen molar-refractivity contribution in [1.82, 2.24) is 9.47 Å². The molecule has 5 nitrogen and oxygen atoms in total. The average Bonchev–Trinajstić information content (AvgIpc) is 2.74. The van der Waals surface area contributed by atoms with Crippen LogP contribution in [0.25, 0.3) is 0 Å². The Labute approximate surface area is 123 Å². The Hall–Kier alpha value is -2.43. The fourth-order valence-electron chi connectivity index (χ4n) is 2.63. The van der Waals surface area contributed by atoms with Gasteiger partial charge in [-0.3, -0.25) is 4.79 Å². The first-order valence-corrected chi connectivity index (χ1v) is 7.14. The highest BCUT2D eigenvalue weighted by Gasteiger charge is 2.23. The van der Waals surface area contributed by atoms with E-state index < -0.39 is 0 Å². The second-order valence-corrected chi connectivity index (χ2v) is 5.13. The summed E-state index contributed by atoms with van der Waals surface area (Å²) in [7, 11) is 0. The Morgan fingerprint density at radius 2 is 2.19 bits per heavy atom. The minimum Gasteiger partial charge on any atom is -0.491 e. The van der Waals surface area contributed by atoms with Crippen LogP contribution in [0.5, 0.6) is 5.75 Å². The first-order valence-electron chi connectivity index (χ1n) is 7.14. The maximum atomic E-state index is 12.7. The van der Waals surface area contributed by atoms with Crippen molar-refractivity contribution >= 4 is 11.6 Å². The largest absolute Gasteiger partial charge is 0.491 e. The van der Waals surface area contributed by atoms with Gasteiger partial charge in [-0.2, -0.15) is 0 Å². The zero-order valence-electron chi connectivity index (χ0n) is 12.1. The summed E-state index contributed by atoms with van der Waals surface area (Å²) < 4.78 is 7.59. The first kappa shape index (κ1) is 13.5. The highest BCUT2D eigenvalue weighted by Crippen LogP contribution is 2.24. The summed E-state index contributed by atoms with van der Waals surface area (Å²) in [5.41, 5.74) is 8.10. The van der Waals surface area contributed by atoms with Crippen LogP contribution < -0.4 is 10.5 Å². The number of amides is 1. The maximum Gasteiger partial charge on any atom is 0.270 e. The Kier molecular flexibility index (Phi) is 3.56. The monoisotopic (exact) mass is 285 g/mol. The van der Waals surface area contributed by atoms with Gasteiger partial charge in [-0.25, -0.2) is 0 Å². The normalized spacial score (nSPS) is 14.2. The number of para-hydroxylation sites is 1. The number of carbonyl (C=O) groups is 1. The lowest BCUT2D eigenvalue weighted by Gasteiger charge is -2.20. The molecular weight excluding hydrogens is 266 g/mol. The third-order valence-corrected chi connectivity index (χ3v) is 3.72. The summed E-state index contributed by atoms with van der Waals surface area (Å²) in [6.45, 7) is 4.35. The van der Waals surface area contributed by atoms with Gasteiger partial charge in [0.15, 0.2) is 0 Å². The Bertz CT molecular complexity index is 663. The number of rotatable bonds is 2. The predicted octanol–water partition coefficient (Wildman–Crippen LogP) is 2.12. The van der Waals surface area contributed by atoms with Crippen LogP contribution in [0.4, 0.5) is 5.69 Å². The summed E-state index contributed by atoms with van der Waals surface area (Å²) in [4.78, 5) is 14.6. The lowest BCUT2D eigenvalue weighted by molar-refractivity contribution is 0.0722. The molecule has 1 aliphatic heterocycles. The number of nitrogen functional groups attached to an aromatic ring is 1. The fraction of sp³-hybridized carbons (Fsp3) is 0.312. The highest BCUT2D eigenvalue weighted by molar-refractivity contribution is 5.94. The van der Waals surface area contributed by atoms with Crippen molar-refractivity contribution in [2.24, 2.45) is 0 Å². The zero-order valence-corrected chi connectivity index (χ0v) is 12.1. The summed E-state index contributed by atoms with van der Waals surface area (Å²) in [6, 6.07) is 9.58. The fourth-order valence-corrected chi connectivity index (χ4v) is 2.63. The molecule has 0 aliphatic carbocycles. The van der Waals surface area contributed by atoms with Crippen LogP contribution in [0.2, 0.25) is 0 Å². The smallest absolute Gasteiger partial charge is 0.270 e. The molecule has 1 amide bonds. The number of ether oxygens (including phenoxy) is 1. The van der Waals surface area contributed by atoms with Crippen molar-refractivity contribution in [3.63, 3.8) is 0 Å². The molecule has 1 aromatic heterocycles. The van der Waals surface area contributed by atoms with Gasteiger partial charge in [0.25, 0.3) is 5.91 Å². The van der Waals surface area contributed by atoms with E-state index in [1.54, 1.807) is 12.3 Å². The zero-order chi connectivity index (χ0) is 14.8. The van der Waals surface area contributed by atoms with Crippen molar-refractivity contribution in [1.29, 1.82) is 0 Å². The van der Waals surface area contributed by atoms with Crippen LogP contribution in [-0.2, 0) is 13.1 Å². The molecule has 0 spiro atoms. The SMILES string of the molecule is CCn1cc(N)cc1C(=O)N1CCOc2ccccc2C1. The molecule has 0 radical (unpaired) electrons. The lowest BCUT2D eigenvalue weighted by Crippen LogP contribution is -2.33. The molecule has 3 rings (SSSR count). The molecule has 0 unspecified atom stereocenters. The number of nitrogens with two attached hydrogens (primary N) is 1. The van der Waals surface area contributed by atoms with Gasteiger partial charge in [-0.05, 0) is 19.1 Å². The molecule has 110 valence electrons. The molecule has 0 fully saturated rings. The second-order valence-electron chi connectivity index (χ2n) is 5.13. The van der Waals surface area contributed by atoms with Gasteiger partial charge >= 0.3 is 0 Å². The van der Waals surface area contributed by atoms with Crippen LogP contribution in [-0.4, -0.2) is 28.5 Å². The van der Waals surface area contributed by atoms with E-state index in [2.05, 4.69) is 0 Å². The maximum absolute atomic E-state index is 12.7. The molecule has 0 saturated carbocycles. The number of hydrogen-bond donors (Lipinski definition) is 1. The van der Waals surface area contributed by atoms with E-state index >= 15 is 0 Å². The Morgan fingerprint density at radius 3 is 3.00 bits per heavy atom. The lowest BCUT2D eigenvalue weighted by atomic mass is 10.2. The molecule has 5 heteroatoms.